The Hall–Kier alpha value is -1.55. The van der Waals surface area contributed by atoms with Crippen LogP contribution in [0, 0.1) is 11.8 Å². The molecule has 1 aliphatic heterocycles. The summed E-state index contributed by atoms with van der Waals surface area (Å²) in [6.07, 6.45) is 7.06. The fourth-order valence-electron chi connectivity index (χ4n) is 4.27. The number of hydrogen-bond acceptors (Lipinski definition) is 3. The Bertz CT molecular complexity index is 622. The molecule has 0 spiro atoms. The lowest BCUT2D eigenvalue weighted by Gasteiger charge is -2.37. The maximum absolute atomic E-state index is 13.1. The van der Waals surface area contributed by atoms with E-state index in [0.29, 0.717) is 18.9 Å². The van der Waals surface area contributed by atoms with Gasteiger partial charge in [0, 0.05) is 12.6 Å². The van der Waals surface area contributed by atoms with Crippen molar-refractivity contribution in [3.63, 3.8) is 0 Å². The van der Waals surface area contributed by atoms with Crippen LogP contribution in [0.4, 0.5) is 0 Å². The van der Waals surface area contributed by atoms with Crippen molar-refractivity contribution in [2.45, 2.75) is 77.4 Å². The number of benzene rings is 1. The highest BCUT2D eigenvalue weighted by atomic mass is 16.3. The molecule has 3 N–H and O–H groups in total. The van der Waals surface area contributed by atoms with Crippen LogP contribution in [0.25, 0.3) is 0 Å². The molecule has 4 nitrogen and oxygen atoms in total. The number of amides is 1. The van der Waals surface area contributed by atoms with Gasteiger partial charge in [-0.3, -0.25) is 10.1 Å². The highest BCUT2D eigenvalue weighted by Gasteiger charge is 2.38. The number of fused-ring (bicyclic) bond motifs is 1. The van der Waals surface area contributed by atoms with Crippen LogP contribution in [-0.4, -0.2) is 22.6 Å². The molecule has 1 aliphatic carbocycles. The van der Waals surface area contributed by atoms with Gasteiger partial charge in [0.05, 0.1) is 5.54 Å². The second-order valence-corrected chi connectivity index (χ2v) is 8.53. The van der Waals surface area contributed by atoms with Crippen molar-refractivity contribution in [2.24, 2.45) is 11.8 Å². The SMILES string of the molecule is CC(C)C(CC1CCCC1)NC(=O)[C@@]1(C)Cc2ccc(O)cc2CN1. The van der Waals surface area contributed by atoms with E-state index >= 15 is 0 Å². The lowest BCUT2D eigenvalue weighted by Crippen LogP contribution is -2.60. The van der Waals surface area contributed by atoms with E-state index in [4.69, 9.17) is 0 Å². The molecule has 1 saturated carbocycles. The first kappa shape index (κ1) is 18.2. The lowest BCUT2D eigenvalue weighted by atomic mass is 9.84. The van der Waals surface area contributed by atoms with Gasteiger partial charge in [0.1, 0.15) is 5.75 Å². The van der Waals surface area contributed by atoms with Crippen LogP contribution in [0.2, 0.25) is 0 Å². The predicted octanol–water partition coefficient (Wildman–Crippen LogP) is 3.52. The van der Waals surface area contributed by atoms with Gasteiger partial charge < -0.3 is 10.4 Å². The highest BCUT2D eigenvalue weighted by molar-refractivity contribution is 5.87. The number of carbonyl (C=O) groups is 1. The van der Waals surface area contributed by atoms with Crippen LogP contribution < -0.4 is 10.6 Å². The molecule has 1 fully saturated rings. The van der Waals surface area contributed by atoms with Crippen molar-refractivity contribution < 1.29 is 9.90 Å². The Morgan fingerprint density at radius 3 is 2.72 bits per heavy atom. The zero-order chi connectivity index (χ0) is 18.0. The molecule has 1 aromatic carbocycles. The minimum Gasteiger partial charge on any atom is -0.508 e. The Kier molecular flexibility index (Phi) is 5.38. The Morgan fingerprint density at radius 1 is 1.32 bits per heavy atom. The molecule has 2 aliphatic rings. The van der Waals surface area contributed by atoms with Crippen molar-refractivity contribution in [3.8, 4) is 5.75 Å². The van der Waals surface area contributed by atoms with Crippen LogP contribution in [-0.2, 0) is 17.8 Å². The maximum atomic E-state index is 13.1. The van der Waals surface area contributed by atoms with Crippen molar-refractivity contribution in [2.75, 3.05) is 0 Å². The van der Waals surface area contributed by atoms with Gasteiger partial charge in [0.15, 0.2) is 0 Å². The van der Waals surface area contributed by atoms with Gasteiger partial charge in [-0.1, -0.05) is 45.6 Å². The summed E-state index contributed by atoms with van der Waals surface area (Å²) in [5.74, 6) is 1.59. The average Bonchev–Trinajstić information content (AvgIpc) is 3.07. The summed E-state index contributed by atoms with van der Waals surface area (Å²) < 4.78 is 0. The fourth-order valence-corrected chi connectivity index (χ4v) is 4.27. The van der Waals surface area contributed by atoms with E-state index in [9.17, 15) is 9.90 Å². The van der Waals surface area contributed by atoms with Crippen molar-refractivity contribution in [1.82, 2.24) is 10.6 Å². The monoisotopic (exact) mass is 344 g/mol. The molecule has 0 bridgehead atoms. The summed E-state index contributed by atoms with van der Waals surface area (Å²) >= 11 is 0. The quantitative estimate of drug-likeness (QED) is 0.766. The number of phenols is 1. The topological polar surface area (TPSA) is 61.4 Å². The van der Waals surface area contributed by atoms with Crippen LogP contribution >= 0.6 is 0 Å². The third-order valence-corrected chi connectivity index (χ3v) is 6.09. The number of nitrogens with one attached hydrogen (secondary N) is 2. The predicted molar refractivity (Wildman–Crippen MR) is 100 cm³/mol. The molecule has 1 heterocycles. The Morgan fingerprint density at radius 2 is 2.04 bits per heavy atom. The van der Waals surface area contributed by atoms with Gasteiger partial charge >= 0.3 is 0 Å². The molecule has 3 rings (SSSR count). The summed E-state index contributed by atoms with van der Waals surface area (Å²) in [6, 6.07) is 5.68. The van der Waals surface area contributed by atoms with Gasteiger partial charge in [-0.15, -0.1) is 0 Å². The molecule has 4 heteroatoms. The first-order chi connectivity index (χ1) is 11.9. The number of phenolic OH excluding ortho intramolecular Hbond substituents is 1. The molecule has 1 amide bonds. The van der Waals surface area contributed by atoms with Crippen LogP contribution in [0.15, 0.2) is 18.2 Å². The molecular weight excluding hydrogens is 312 g/mol. The average molecular weight is 344 g/mol. The second kappa shape index (κ2) is 7.36. The summed E-state index contributed by atoms with van der Waals surface area (Å²) in [5, 5.41) is 16.4. The lowest BCUT2D eigenvalue weighted by molar-refractivity contribution is -0.128. The van der Waals surface area contributed by atoms with Gasteiger partial charge in [0.25, 0.3) is 0 Å². The van der Waals surface area contributed by atoms with E-state index in [1.54, 1.807) is 12.1 Å². The first-order valence-corrected chi connectivity index (χ1v) is 9.74. The van der Waals surface area contributed by atoms with E-state index < -0.39 is 5.54 Å². The molecule has 0 aromatic heterocycles. The van der Waals surface area contributed by atoms with Crippen molar-refractivity contribution >= 4 is 5.91 Å². The van der Waals surface area contributed by atoms with Gasteiger partial charge in [0.2, 0.25) is 5.91 Å². The minimum atomic E-state index is -0.590. The first-order valence-electron chi connectivity index (χ1n) is 9.74. The normalized spacial score (nSPS) is 25.0. The fraction of sp³-hybridized carbons (Fsp3) is 0.667. The standard InChI is InChI=1S/C21H32N2O2/c1-14(2)19(10-15-6-4-5-7-15)23-20(25)21(3)12-16-8-9-18(24)11-17(16)13-22-21/h8-9,11,14-15,19,22,24H,4-7,10,12-13H2,1-3H3,(H,23,25)/t19?,21-/m1/s1. The number of aromatic hydroxyl groups is 1. The van der Waals surface area contributed by atoms with Gasteiger partial charge in [-0.25, -0.2) is 0 Å². The summed E-state index contributed by atoms with van der Waals surface area (Å²) in [6.45, 7) is 7.01. The largest absolute Gasteiger partial charge is 0.508 e. The summed E-state index contributed by atoms with van der Waals surface area (Å²) in [4.78, 5) is 13.1. The van der Waals surface area contributed by atoms with Gasteiger partial charge in [-0.05, 0) is 54.9 Å². The zero-order valence-corrected chi connectivity index (χ0v) is 15.8. The molecule has 138 valence electrons. The van der Waals surface area contributed by atoms with E-state index in [0.717, 1.165) is 23.5 Å². The Balaban J connectivity index is 1.67. The number of hydrogen-bond donors (Lipinski definition) is 3. The van der Waals surface area contributed by atoms with Crippen LogP contribution in [0.3, 0.4) is 0 Å². The second-order valence-electron chi connectivity index (χ2n) is 8.53. The third kappa shape index (κ3) is 4.17. The molecular formula is C21H32N2O2. The molecule has 0 saturated heterocycles. The third-order valence-electron chi connectivity index (χ3n) is 6.09. The molecule has 0 radical (unpaired) electrons. The zero-order valence-electron chi connectivity index (χ0n) is 15.8. The molecule has 25 heavy (non-hydrogen) atoms. The maximum Gasteiger partial charge on any atom is 0.240 e. The number of carbonyl (C=O) groups excluding carboxylic acids is 1. The van der Waals surface area contributed by atoms with Crippen LogP contribution in [0.1, 0.15) is 64.0 Å². The van der Waals surface area contributed by atoms with Crippen molar-refractivity contribution in [3.05, 3.63) is 29.3 Å². The van der Waals surface area contributed by atoms with E-state index in [-0.39, 0.29) is 17.7 Å². The smallest absolute Gasteiger partial charge is 0.240 e. The minimum absolute atomic E-state index is 0.0999. The van der Waals surface area contributed by atoms with Gasteiger partial charge in [-0.2, -0.15) is 0 Å². The van der Waals surface area contributed by atoms with E-state index in [1.165, 1.54) is 25.7 Å². The van der Waals surface area contributed by atoms with Crippen LogP contribution in [0.5, 0.6) is 5.75 Å². The summed E-state index contributed by atoms with van der Waals surface area (Å²) in [5.41, 5.74) is 1.63. The number of rotatable bonds is 5. The highest BCUT2D eigenvalue weighted by Crippen LogP contribution is 2.31. The Labute approximate surface area is 151 Å². The molecule has 1 aromatic rings. The van der Waals surface area contributed by atoms with E-state index in [2.05, 4.69) is 24.5 Å². The summed E-state index contributed by atoms with van der Waals surface area (Å²) in [7, 11) is 0. The van der Waals surface area contributed by atoms with Crippen molar-refractivity contribution in [1.29, 1.82) is 0 Å². The van der Waals surface area contributed by atoms with E-state index in [1.807, 2.05) is 13.0 Å². The molecule has 2 atom stereocenters. The molecule has 1 unspecified atom stereocenters.